The van der Waals surface area contributed by atoms with Gasteiger partial charge in [-0.3, -0.25) is 4.79 Å². The van der Waals surface area contributed by atoms with Crippen molar-refractivity contribution in [2.75, 3.05) is 6.54 Å². The number of benzene rings is 1. The van der Waals surface area contributed by atoms with Gasteiger partial charge in [0.15, 0.2) is 0 Å². The van der Waals surface area contributed by atoms with Crippen LogP contribution in [0.1, 0.15) is 18.2 Å². The summed E-state index contributed by atoms with van der Waals surface area (Å²) in [6.07, 6.45) is 1.95. The molecule has 2 atom stereocenters. The van der Waals surface area contributed by atoms with Gasteiger partial charge in [0, 0.05) is 6.54 Å². The lowest BCUT2D eigenvalue weighted by atomic mass is 10.2. The zero-order chi connectivity index (χ0) is 18.0. The maximum atomic E-state index is 12.9. The first-order chi connectivity index (χ1) is 11.8. The van der Waals surface area contributed by atoms with E-state index in [-0.39, 0.29) is 17.5 Å². The number of carboxylic acid groups (broad SMARTS) is 1. The monoisotopic (exact) mass is 369 g/mol. The third-order valence-corrected chi connectivity index (χ3v) is 5.32. The summed E-state index contributed by atoms with van der Waals surface area (Å²) in [5, 5.41) is 19.7. The van der Waals surface area contributed by atoms with Crippen molar-refractivity contribution in [3.05, 3.63) is 42.0 Å². The predicted molar refractivity (Wildman–Crippen MR) is 83.5 cm³/mol. The molecule has 1 aromatic heterocycles. The molecule has 0 unspecified atom stereocenters. The van der Waals surface area contributed by atoms with E-state index >= 15 is 0 Å². The largest absolute Gasteiger partial charge is 0.480 e. The van der Waals surface area contributed by atoms with Crippen LogP contribution < -0.4 is 10.0 Å². The number of carboxylic acids is 1. The van der Waals surface area contributed by atoms with E-state index < -0.39 is 27.9 Å². The Balaban J connectivity index is 1.62. The standard InChI is InChI=1S/C14H16FN5O4S/c15-9-1-3-12(4-2-9)25(23,24)17-6-10-8-20(19-18-10)11-5-13(14(21)22)16-7-11/h1-4,8,11,13,16-17H,5-7H2,(H,21,22)/t11-,13-/m0/s1. The van der Waals surface area contributed by atoms with Crippen LogP contribution in [-0.2, 0) is 21.4 Å². The molecular formula is C14H16FN5O4S. The zero-order valence-corrected chi connectivity index (χ0v) is 13.8. The number of carbonyl (C=O) groups is 1. The summed E-state index contributed by atoms with van der Waals surface area (Å²) < 4.78 is 41.0. The minimum absolute atomic E-state index is 0.0504. The number of hydrogen-bond acceptors (Lipinski definition) is 6. The van der Waals surface area contributed by atoms with Crippen LogP contribution in [0, 0.1) is 5.82 Å². The van der Waals surface area contributed by atoms with Gasteiger partial charge in [-0.2, -0.15) is 0 Å². The molecule has 1 saturated heterocycles. The lowest BCUT2D eigenvalue weighted by Crippen LogP contribution is -2.29. The van der Waals surface area contributed by atoms with E-state index in [2.05, 4.69) is 20.4 Å². The third-order valence-electron chi connectivity index (χ3n) is 3.90. The van der Waals surface area contributed by atoms with Crippen LogP contribution >= 0.6 is 0 Å². The van der Waals surface area contributed by atoms with Crippen LogP contribution in [0.15, 0.2) is 35.4 Å². The summed E-state index contributed by atoms with van der Waals surface area (Å²) >= 11 is 0. The zero-order valence-electron chi connectivity index (χ0n) is 13.0. The molecule has 25 heavy (non-hydrogen) atoms. The Bertz CT molecular complexity index is 868. The lowest BCUT2D eigenvalue weighted by Gasteiger charge is -2.07. The number of nitrogens with one attached hydrogen (secondary N) is 2. The minimum atomic E-state index is -3.79. The average molecular weight is 369 g/mol. The summed E-state index contributed by atoms with van der Waals surface area (Å²) in [5.41, 5.74) is 0.393. The highest BCUT2D eigenvalue weighted by Gasteiger charge is 2.30. The van der Waals surface area contributed by atoms with Gasteiger partial charge in [-0.05, 0) is 30.7 Å². The predicted octanol–water partition coefficient (Wildman–Crippen LogP) is -0.117. The lowest BCUT2D eigenvalue weighted by molar-refractivity contribution is -0.139. The third kappa shape index (κ3) is 4.00. The molecule has 2 aromatic rings. The van der Waals surface area contributed by atoms with E-state index in [9.17, 15) is 17.6 Å². The Hall–Kier alpha value is -2.37. The SMILES string of the molecule is O=C(O)[C@@H]1C[C@H](n2cc(CNS(=O)(=O)c3ccc(F)cc3)nn2)CN1. The second-order valence-electron chi connectivity index (χ2n) is 5.66. The number of rotatable bonds is 6. The maximum Gasteiger partial charge on any atom is 0.320 e. The molecule has 1 aliphatic rings. The molecule has 1 aromatic carbocycles. The van der Waals surface area contributed by atoms with Crippen LogP contribution in [0.4, 0.5) is 4.39 Å². The summed E-state index contributed by atoms with van der Waals surface area (Å²) in [5.74, 6) is -1.44. The summed E-state index contributed by atoms with van der Waals surface area (Å²) in [6, 6.07) is 3.69. The molecule has 11 heteroatoms. The first-order valence-corrected chi connectivity index (χ1v) is 8.95. The van der Waals surface area contributed by atoms with Crippen LogP contribution in [0.2, 0.25) is 0 Å². The van der Waals surface area contributed by atoms with E-state index in [1.54, 1.807) is 6.20 Å². The molecule has 3 rings (SSSR count). The second kappa shape index (κ2) is 6.86. The fourth-order valence-electron chi connectivity index (χ4n) is 2.55. The Morgan fingerprint density at radius 3 is 2.76 bits per heavy atom. The Labute approximate surface area is 142 Å². The number of halogens is 1. The molecular weight excluding hydrogens is 353 g/mol. The Morgan fingerprint density at radius 1 is 1.40 bits per heavy atom. The first-order valence-electron chi connectivity index (χ1n) is 7.47. The van der Waals surface area contributed by atoms with Gasteiger partial charge in [0.2, 0.25) is 10.0 Å². The topological polar surface area (TPSA) is 126 Å². The molecule has 9 nitrogen and oxygen atoms in total. The van der Waals surface area contributed by atoms with Gasteiger partial charge < -0.3 is 10.4 Å². The van der Waals surface area contributed by atoms with Gasteiger partial charge in [-0.1, -0.05) is 5.21 Å². The fourth-order valence-corrected chi connectivity index (χ4v) is 3.54. The summed E-state index contributed by atoms with van der Waals surface area (Å²) in [4.78, 5) is 10.9. The molecule has 0 aliphatic carbocycles. The summed E-state index contributed by atoms with van der Waals surface area (Å²) in [6.45, 7) is 0.364. The normalized spacial score (nSPS) is 20.7. The molecule has 1 aliphatic heterocycles. The Kier molecular flexibility index (Phi) is 4.79. The van der Waals surface area contributed by atoms with Crippen molar-refractivity contribution in [2.45, 2.75) is 29.9 Å². The van der Waals surface area contributed by atoms with Crippen LogP contribution in [0.3, 0.4) is 0 Å². The molecule has 134 valence electrons. The molecule has 2 heterocycles. The highest BCUT2D eigenvalue weighted by Crippen LogP contribution is 2.19. The molecule has 0 spiro atoms. The molecule has 1 fully saturated rings. The number of nitrogens with zero attached hydrogens (tertiary/aromatic N) is 3. The van der Waals surface area contributed by atoms with Crippen LogP contribution in [0.5, 0.6) is 0 Å². The van der Waals surface area contributed by atoms with Gasteiger partial charge in [0.25, 0.3) is 0 Å². The van der Waals surface area contributed by atoms with Crippen molar-refractivity contribution < 1.29 is 22.7 Å². The average Bonchev–Trinajstić information content (AvgIpc) is 3.23. The molecule has 3 N–H and O–H groups in total. The van der Waals surface area contributed by atoms with Gasteiger partial charge in [-0.15, -0.1) is 5.10 Å². The molecule has 0 amide bonds. The number of hydrogen-bond donors (Lipinski definition) is 3. The molecule has 0 saturated carbocycles. The molecule has 0 bridgehead atoms. The van der Waals surface area contributed by atoms with E-state index in [0.717, 1.165) is 12.1 Å². The summed E-state index contributed by atoms with van der Waals surface area (Å²) in [7, 11) is -3.79. The van der Waals surface area contributed by atoms with Crippen molar-refractivity contribution in [3.63, 3.8) is 0 Å². The number of aliphatic carboxylic acids is 1. The van der Waals surface area contributed by atoms with E-state index in [0.29, 0.717) is 18.7 Å². The van der Waals surface area contributed by atoms with E-state index in [1.165, 1.54) is 16.8 Å². The highest BCUT2D eigenvalue weighted by atomic mass is 32.2. The van der Waals surface area contributed by atoms with Gasteiger partial charge in [-0.25, -0.2) is 22.2 Å². The van der Waals surface area contributed by atoms with Crippen molar-refractivity contribution in [1.82, 2.24) is 25.0 Å². The fraction of sp³-hybridized carbons (Fsp3) is 0.357. The first kappa shape index (κ1) is 17.5. The van der Waals surface area contributed by atoms with Crippen molar-refractivity contribution in [1.29, 1.82) is 0 Å². The van der Waals surface area contributed by atoms with E-state index in [4.69, 9.17) is 5.11 Å². The van der Waals surface area contributed by atoms with Crippen molar-refractivity contribution in [2.24, 2.45) is 0 Å². The van der Waals surface area contributed by atoms with Crippen molar-refractivity contribution in [3.8, 4) is 0 Å². The number of aromatic nitrogens is 3. The molecule has 0 radical (unpaired) electrons. The maximum absolute atomic E-state index is 12.9. The second-order valence-corrected chi connectivity index (χ2v) is 7.42. The Morgan fingerprint density at radius 2 is 2.12 bits per heavy atom. The van der Waals surface area contributed by atoms with Gasteiger partial charge in [0.05, 0.1) is 29.4 Å². The van der Waals surface area contributed by atoms with Gasteiger partial charge in [0.1, 0.15) is 11.9 Å². The smallest absolute Gasteiger partial charge is 0.320 e. The van der Waals surface area contributed by atoms with Gasteiger partial charge >= 0.3 is 5.97 Å². The quantitative estimate of drug-likeness (QED) is 0.648. The van der Waals surface area contributed by atoms with E-state index in [1.807, 2.05) is 0 Å². The van der Waals surface area contributed by atoms with Crippen LogP contribution in [-0.4, -0.2) is 47.1 Å². The van der Waals surface area contributed by atoms with Crippen LogP contribution in [0.25, 0.3) is 0 Å². The number of sulfonamides is 1. The van der Waals surface area contributed by atoms with Crippen molar-refractivity contribution >= 4 is 16.0 Å². The minimum Gasteiger partial charge on any atom is -0.480 e. The highest BCUT2D eigenvalue weighted by molar-refractivity contribution is 7.89.